The zero-order chi connectivity index (χ0) is 13.0. The van der Waals surface area contributed by atoms with Crippen molar-refractivity contribution in [3.63, 3.8) is 0 Å². The Morgan fingerprint density at radius 3 is 2.83 bits per heavy atom. The SMILES string of the molecule is NC(CC(c1cccs1)N1CCOCC1)C(=O)O. The molecular formula is C12H18N2O3S. The van der Waals surface area contributed by atoms with Gasteiger partial charge in [-0.2, -0.15) is 0 Å². The van der Waals surface area contributed by atoms with E-state index in [0.29, 0.717) is 19.6 Å². The summed E-state index contributed by atoms with van der Waals surface area (Å²) in [5.41, 5.74) is 5.68. The molecule has 1 aliphatic heterocycles. The molecule has 3 N–H and O–H groups in total. The maximum Gasteiger partial charge on any atom is 0.320 e. The predicted octanol–water partition coefficient (Wildman–Crippen LogP) is 0.923. The van der Waals surface area contributed by atoms with Crippen LogP contribution in [0.1, 0.15) is 17.3 Å². The number of hydrogen-bond acceptors (Lipinski definition) is 5. The van der Waals surface area contributed by atoms with Gasteiger partial charge < -0.3 is 15.6 Å². The molecule has 2 rings (SSSR count). The Labute approximate surface area is 110 Å². The summed E-state index contributed by atoms with van der Waals surface area (Å²) in [5.74, 6) is -0.940. The van der Waals surface area contributed by atoms with Crippen LogP contribution in [0.15, 0.2) is 17.5 Å². The van der Waals surface area contributed by atoms with Crippen LogP contribution in [0, 0.1) is 0 Å². The van der Waals surface area contributed by atoms with E-state index in [0.717, 1.165) is 13.1 Å². The van der Waals surface area contributed by atoms with E-state index in [2.05, 4.69) is 4.90 Å². The minimum atomic E-state index is -0.940. The first kappa shape index (κ1) is 13.5. The Kier molecular flexibility index (Phi) is 4.71. The van der Waals surface area contributed by atoms with Crippen LogP contribution in [-0.4, -0.2) is 48.3 Å². The highest BCUT2D eigenvalue weighted by atomic mass is 32.1. The Bertz CT molecular complexity index is 377. The van der Waals surface area contributed by atoms with Crippen molar-refractivity contribution in [2.24, 2.45) is 5.73 Å². The molecule has 0 saturated carbocycles. The Morgan fingerprint density at radius 2 is 2.28 bits per heavy atom. The zero-order valence-corrected chi connectivity index (χ0v) is 10.9. The van der Waals surface area contributed by atoms with Crippen LogP contribution in [0.25, 0.3) is 0 Å². The molecule has 0 aliphatic carbocycles. The first-order valence-corrected chi connectivity index (χ1v) is 6.90. The topological polar surface area (TPSA) is 75.8 Å². The van der Waals surface area contributed by atoms with Crippen LogP contribution in [-0.2, 0) is 9.53 Å². The van der Waals surface area contributed by atoms with E-state index >= 15 is 0 Å². The minimum Gasteiger partial charge on any atom is -0.480 e. The molecule has 6 heteroatoms. The van der Waals surface area contributed by atoms with Crippen LogP contribution in [0.2, 0.25) is 0 Å². The molecule has 0 spiro atoms. The summed E-state index contributed by atoms with van der Waals surface area (Å²) in [7, 11) is 0. The lowest BCUT2D eigenvalue weighted by molar-refractivity contribution is -0.139. The van der Waals surface area contributed by atoms with Crippen molar-refractivity contribution in [3.8, 4) is 0 Å². The lowest BCUT2D eigenvalue weighted by Crippen LogP contribution is -2.42. The number of morpholine rings is 1. The molecule has 2 unspecified atom stereocenters. The fourth-order valence-electron chi connectivity index (χ4n) is 2.16. The van der Waals surface area contributed by atoms with Crippen LogP contribution < -0.4 is 5.73 Å². The molecule has 1 aliphatic rings. The normalized spacial score (nSPS) is 20.5. The number of nitrogens with two attached hydrogens (primary N) is 1. The zero-order valence-electron chi connectivity index (χ0n) is 10.1. The van der Waals surface area contributed by atoms with E-state index in [4.69, 9.17) is 15.6 Å². The highest BCUT2D eigenvalue weighted by Crippen LogP contribution is 2.29. The average molecular weight is 270 g/mol. The maximum absolute atomic E-state index is 10.9. The summed E-state index contributed by atoms with van der Waals surface area (Å²) in [5, 5.41) is 11.0. The number of carboxylic acid groups (broad SMARTS) is 1. The Hall–Kier alpha value is -0.950. The number of carboxylic acids is 1. The molecule has 1 aromatic rings. The minimum absolute atomic E-state index is 0.0833. The molecule has 0 radical (unpaired) electrons. The third-order valence-electron chi connectivity index (χ3n) is 3.15. The van der Waals surface area contributed by atoms with Gasteiger partial charge in [-0.1, -0.05) is 6.07 Å². The first-order valence-electron chi connectivity index (χ1n) is 6.02. The number of thiophene rings is 1. The average Bonchev–Trinajstić information content (AvgIpc) is 2.90. The molecule has 0 aromatic carbocycles. The number of aliphatic carboxylic acids is 1. The van der Waals surface area contributed by atoms with Crippen molar-refractivity contribution in [1.29, 1.82) is 0 Å². The van der Waals surface area contributed by atoms with Gasteiger partial charge in [-0.15, -0.1) is 11.3 Å². The number of hydrogen-bond donors (Lipinski definition) is 2. The van der Waals surface area contributed by atoms with Gasteiger partial charge >= 0.3 is 5.97 Å². The number of nitrogens with zero attached hydrogens (tertiary/aromatic N) is 1. The van der Waals surface area contributed by atoms with Crippen LogP contribution in [0.4, 0.5) is 0 Å². The van der Waals surface area contributed by atoms with Gasteiger partial charge in [0.15, 0.2) is 0 Å². The number of rotatable bonds is 5. The van der Waals surface area contributed by atoms with E-state index in [1.807, 2.05) is 17.5 Å². The molecule has 1 aromatic heterocycles. The summed E-state index contributed by atoms with van der Waals surface area (Å²) in [6, 6.07) is 3.29. The monoisotopic (exact) mass is 270 g/mol. The van der Waals surface area contributed by atoms with Crippen molar-refractivity contribution < 1.29 is 14.6 Å². The Balaban J connectivity index is 2.09. The molecule has 1 fully saturated rings. The molecule has 5 nitrogen and oxygen atoms in total. The molecule has 0 bridgehead atoms. The van der Waals surface area contributed by atoms with Gasteiger partial charge in [-0.3, -0.25) is 9.69 Å². The van der Waals surface area contributed by atoms with Crippen LogP contribution in [0.3, 0.4) is 0 Å². The smallest absolute Gasteiger partial charge is 0.320 e. The second-order valence-electron chi connectivity index (χ2n) is 4.36. The van der Waals surface area contributed by atoms with Crippen molar-refractivity contribution in [2.45, 2.75) is 18.5 Å². The summed E-state index contributed by atoms with van der Waals surface area (Å²) in [4.78, 5) is 14.4. The molecular weight excluding hydrogens is 252 g/mol. The van der Waals surface area contributed by atoms with Gasteiger partial charge in [0.05, 0.1) is 13.2 Å². The summed E-state index contributed by atoms with van der Waals surface area (Å²) >= 11 is 1.65. The van der Waals surface area contributed by atoms with E-state index in [1.165, 1.54) is 4.88 Å². The molecule has 100 valence electrons. The standard InChI is InChI=1S/C12H18N2O3S/c13-9(12(15)16)8-10(11-2-1-7-18-11)14-3-5-17-6-4-14/h1-2,7,9-10H,3-6,8,13H2,(H,15,16). The van der Waals surface area contributed by atoms with E-state index in [-0.39, 0.29) is 6.04 Å². The van der Waals surface area contributed by atoms with E-state index in [9.17, 15) is 4.79 Å². The van der Waals surface area contributed by atoms with Crippen molar-refractivity contribution in [2.75, 3.05) is 26.3 Å². The van der Waals surface area contributed by atoms with Gasteiger partial charge in [0.25, 0.3) is 0 Å². The van der Waals surface area contributed by atoms with Crippen molar-refractivity contribution >= 4 is 17.3 Å². The Morgan fingerprint density at radius 1 is 1.56 bits per heavy atom. The predicted molar refractivity (Wildman–Crippen MR) is 69.7 cm³/mol. The van der Waals surface area contributed by atoms with Gasteiger partial charge in [-0.05, 0) is 17.9 Å². The second-order valence-corrected chi connectivity index (χ2v) is 5.34. The summed E-state index contributed by atoms with van der Waals surface area (Å²) in [6.07, 6.45) is 0.440. The molecule has 0 amide bonds. The highest BCUT2D eigenvalue weighted by molar-refractivity contribution is 7.10. The van der Waals surface area contributed by atoms with E-state index < -0.39 is 12.0 Å². The fourth-order valence-corrected chi connectivity index (χ4v) is 3.03. The molecule has 2 atom stereocenters. The number of carbonyl (C=O) groups is 1. The third kappa shape index (κ3) is 3.29. The van der Waals surface area contributed by atoms with Crippen molar-refractivity contribution in [3.05, 3.63) is 22.4 Å². The van der Waals surface area contributed by atoms with Crippen molar-refractivity contribution in [1.82, 2.24) is 4.90 Å². The molecule has 2 heterocycles. The van der Waals surface area contributed by atoms with Crippen LogP contribution >= 0.6 is 11.3 Å². The first-order chi connectivity index (χ1) is 8.68. The summed E-state index contributed by atoms with van der Waals surface area (Å²) in [6.45, 7) is 3.05. The largest absolute Gasteiger partial charge is 0.480 e. The lowest BCUT2D eigenvalue weighted by Gasteiger charge is -2.34. The van der Waals surface area contributed by atoms with Gasteiger partial charge in [-0.25, -0.2) is 0 Å². The van der Waals surface area contributed by atoms with E-state index in [1.54, 1.807) is 11.3 Å². The quantitative estimate of drug-likeness (QED) is 0.832. The number of ether oxygens (including phenoxy) is 1. The van der Waals surface area contributed by atoms with Gasteiger partial charge in [0, 0.05) is 24.0 Å². The fraction of sp³-hybridized carbons (Fsp3) is 0.583. The van der Waals surface area contributed by atoms with Gasteiger partial charge in [0.2, 0.25) is 0 Å². The maximum atomic E-state index is 10.9. The lowest BCUT2D eigenvalue weighted by atomic mass is 10.0. The third-order valence-corrected chi connectivity index (χ3v) is 4.13. The second kappa shape index (κ2) is 6.29. The van der Waals surface area contributed by atoms with Gasteiger partial charge in [0.1, 0.15) is 6.04 Å². The summed E-state index contributed by atoms with van der Waals surface area (Å²) < 4.78 is 5.33. The van der Waals surface area contributed by atoms with Crippen LogP contribution in [0.5, 0.6) is 0 Å². The molecule has 18 heavy (non-hydrogen) atoms. The molecule has 1 saturated heterocycles. The highest BCUT2D eigenvalue weighted by Gasteiger charge is 2.27.